The lowest BCUT2D eigenvalue weighted by Crippen LogP contribution is -2.58. The van der Waals surface area contributed by atoms with E-state index < -0.39 is 0 Å². The van der Waals surface area contributed by atoms with Crippen molar-refractivity contribution in [3.8, 4) is 6.07 Å². The molecule has 6 rings (SSSR count). The van der Waals surface area contributed by atoms with Gasteiger partial charge in [0.05, 0.1) is 30.4 Å². The third-order valence-electron chi connectivity index (χ3n) is 8.74. The molecule has 0 spiro atoms. The van der Waals surface area contributed by atoms with Crippen LogP contribution in [0, 0.1) is 23.2 Å². The molecule has 0 radical (unpaired) electrons. The van der Waals surface area contributed by atoms with Crippen LogP contribution in [-0.4, -0.2) is 56.8 Å². The minimum Gasteiger partial charge on any atom is -0.336 e. The predicted octanol–water partition coefficient (Wildman–Crippen LogP) is 5.29. The molecular weight excluding hydrogens is 510 g/mol. The number of rotatable bonds is 8. The lowest BCUT2D eigenvalue weighted by atomic mass is 10.00. The van der Waals surface area contributed by atoms with Crippen LogP contribution in [0.4, 0.5) is 0 Å². The van der Waals surface area contributed by atoms with Crippen molar-refractivity contribution >= 4 is 22.6 Å². The monoisotopic (exact) mass is 545 g/mol. The Morgan fingerprint density at radius 3 is 2.63 bits per heavy atom. The first kappa shape index (κ1) is 26.8. The van der Waals surface area contributed by atoms with E-state index in [4.69, 9.17) is 5.26 Å². The summed E-state index contributed by atoms with van der Waals surface area (Å²) in [6, 6.07) is 23.6. The van der Waals surface area contributed by atoms with Crippen molar-refractivity contribution in [1.29, 1.82) is 5.26 Å². The number of aromatic nitrogens is 2. The van der Waals surface area contributed by atoms with E-state index in [1.54, 1.807) is 12.5 Å². The highest BCUT2D eigenvalue weighted by Gasteiger charge is 2.48. The van der Waals surface area contributed by atoms with Gasteiger partial charge in [-0.2, -0.15) is 5.26 Å². The van der Waals surface area contributed by atoms with Crippen LogP contribution in [0.15, 0.2) is 79.3 Å². The molecule has 1 aliphatic carbocycles. The summed E-state index contributed by atoms with van der Waals surface area (Å²) >= 11 is 0. The molecule has 3 atom stereocenters. The Morgan fingerprint density at radius 1 is 1.02 bits per heavy atom. The molecule has 0 N–H and O–H groups in total. The van der Waals surface area contributed by atoms with E-state index in [9.17, 15) is 9.59 Å². The zero-order chi connectivity index (χ0) is 28.3. The number of nitriles is 1. The van der Waals surface area contributed by atoms with Crippen molar-refractivity contribution in [1.82, 2.24) is 19.4 Å². The van der Waals surface area contributed by atoms with Gasteiger partial charge in [0.15, 0.2) is 0 Å². The van der Waals surface area contributed by atoms with Gasteiger partial charge in [-0.3, -0.25) is 9.59 Å². The van der Waals surface area contributed by atoms with Gasteiger partial charge < -0.3 is 14.4 Å². The molecule has 2 aliphatic rings. The van der Waals surface area contributed by atoms with Crippen LogP contribution < -0.4 is 0 Å². The number of amides is 2. The van der Waals surface area contributed by atoms with Crippen LogP contribution in [-0.2, 0) is 17.8 Å². The van der Waals surface area contributed by atoms with Crippen LogP contribution in [0.25, 0.3) is 10.8 Å². The van der Waals surface area contributed by atoms with Crippen molar-refractivity contribution in [3.63, 3.8) is 0 Å². The molecule has 0 bridgehead atoms. The molecule has 1 saturated heterocycles. The van der Waals surface area contributed by atoms with Crippen molar-refractivity contribution in [3.05, 3.63) is 102 Å². The highest BCUT2D eigenvalue weighted by Crippen LogP contribution is 2.47. The number of hydrogen-bond donors (Lipinski definition) is 0. The standard InChI is InChI=1S/C34H35N5O2/c1-2-6-27-17-31(27)32-22-37(34(41)30-10-5-8-26-7-3-4-9-29(26)30)15-16-39(32)33(40)18-28-20-36-23-38(28)21-25-13-11-24(19-35)12-14-25/h3-5,7-14,20,23,27,31-32H,2,6,15-18,21-22H2,1H3/t27?,31?,32-/m1/s1. The summed E-state index contributed by atoms with van der Waals surface area (Å²) in [6.07, 6.45) is 7.22. The number of carbonyl (C=O) groups excluding carboxylic acids is 2. The smallest absolute Gasteiger partial charge is 0.254 e. The number of hydrogen-bond acceptors (Lipinski definition) is 4. The fraction of sp³-hybridized carbons (Fsp3) is 0.353. The lowest BCUT2D eigenvalue weighted by Gasteiger charge is -2.42. The first-order valence-electron chi connectivity index (χ1n) is 14.6. The summed E-state index contributed by atoms with van der Waals surface area (Å²) in [4.78, 5) is 36.0. The second-order valence-electron chi connectivity index (χ2n) is 11.4. The van der Waals surface area contributed by atoms with Crippen LogP contribution in [0.1, 0.15) is 53.4 Å². The lowest BCUT2D eigenvalue weighted by molar-refractivity contribution is -0.135. The number of benzene rings is 3. The highest BCUT2D eigenvalue weighted by atomic mass is 16.2. The highest BCUT2D eigenvalue weighted by molar-refractivity contribution is 6.07. The summed E-state index contributed by atoms with van der Waals surface area (Å²) in [5.41, 5.74) is 3.28. The second kappa shape index (κ2) is 11.6. The van der Waals surface area contributed by atoms with Gasteiger partial charge in [0.25, 0.3) is 5.91 Å². The molecule has 2 heterocycles. The van der Waals surface area contributed by atoms with E-state index in [0.29, 0.717) is 43.6 Å². The van der Waals surface area contributed by atoms with Gasteiger partial charge in [0.1, 0.15) is 0 Å². The van der Waals surface area contributed by atoms with Gasteiger partial charge in [-0.15, -0.1) is 0 Å². The number of carbonyl (C=O) groups is 2. The molecule has 1 aromatic heterocycles. The average Bonchev–Trinajstić information content (AvgIpc) is 3.65. The Bertz CT molecular complexity index is 1600. The quantitative estimate of drug-likeness (QED) is 0.301. The Balaban J connectivity index is 1.19. The molecule has 2 unspecified atom stereocenters. The van der Waals surface area contributed by atoms with E-state index in [2.05, 4.69) is 18.0 Å². The minimum absolute atomic E-state index is 0.0293. The van der Waals surface area contributed by atoms with Crippen LogP contribution in [0.2, 0.25) is 0 Å². The van der Waals surface area contributed by atoms with Crippen molar-refractivity contribution < 1.29 is 9.59 Å². The normalized spacial score (nSPS) is 20.1. The molecule has 2 amide bonds. The largest absolute Gasteiger partial charge is 0.336 e. The first-order chi connectivity index (χ1) is 20.1. The zero-order valence-corrected chi connectivity index (χ0v) is 23.4. The Hall–Kier alpha value is -4.44. The summed E-state index contributed by atoms with van der Waals surface area (Å²) < 4.78 is 2.01. The number of piperazine rings is 1. The van der Waals surface area contributed by atoms with Crippen molar-refractivity contribution in [2.45, 2.75) is 45.2 Å². The molecule has 7 nitrogen and oxygen atoms in total. The summed E-state index contributed by atoms with van der Waals surface area (Å²) in [5.74, 6) is 1.20. The molecule has 7 heteroatoms. The topological polar surface area (TPSA) is 82.2 Å². The molecule has 1 aliphatic heterocycles. The predicted molar refractivity (Wildman–Crippen MR) is 158 cm³/mol. The fourth-order valence-electron chi connectivity index (χ4n) is 6.47. The van der Waals surface area contributed by atoms with E-state index in [-0.39, 0.29) is 24.3 Å². The van der Waals surface area contributed by atoms with Crippen LogP contribution in [0.3, 0.4) is 0 Å². The maximum Gasteiger partial charge on any atom is 0.254 e. The zero-order valence-electron chi connectivity index (χ0n) is 23.4. The van der Waals surface area contributed by atoms with E-state index >= 15 is 0 Å². The van der Waals surface area contributed by atoms with Crippen molar-refractivity contribution in [2.24, 2.45) is 11.8 Å². The maximum absolute atomic E-state index is 13.8. The Kier molecular flexibility index (Phi) is 7.56. The van der Waals surface area contributed by atoms with Gasteiger partial charge in [-0.1, -0.05) is 68.3 Å². The second-order valence-corrected chi connectivity index (χ2v) is 11.4. The number of fused-ring (bicyclic) bond motifs is 1. The number of imidazole rings is 1. The van der Waals surface area contributed by atoms with Gasteiger partial charge in [-0.05, 0) is 52.8 Å². The number of nitrogens with zero attached hydrogens (tertiary/aromatic N) is 5. The molecule has 41 heavy (non-hydrogen) atoms. The third kappa shape index (κ3) is 5.60. The van der Waals surface area contributed by atoms with E-state index in [0.717, 1.165) is 46.9 Å². The van der Waals surface area contributed by atoms with Crippen molar-refractivity contribution in [2.75, 3.05) is 19.6 Å². The van der Waals surface area contributed by atoms with Crippen LogP contribution >= 0.6 is 0 Å². The summed E-state index contributed by atoms with van der Waals surface area (Å²) in [5, 5.41) is 11.1. The van der Waals surface area contributed by atoms with Gasteiger partial charge in [0, 0.05) is 43.6 Å². The Labute approximate surface area is 241 Å². The summed E-state index contributed by atoms with van der Waals surface area (Å²) in [6.45, 7) is 4.44. The third-order valence-corrected chi connectivity index (χ3v) is 8.74. The molecule has 208 valence electrons. The SMILES string of the molecule is CCCC1CC1[C@H]1CN(C(=O)c2cccc3ccccc23)CCN1C(=O)Cc1cncn1Cc1ccc(C#N)cc1. The van der Waals surface area contributed by atoms with Gasteiger partial charge in [0.2, 0.25) is 5.91 Å². The van der Waals surface area contributed by atoms with Crippen LogP contribution in [0.5, 0.6) is 0 Å². The molecule has 2 fully saturated rings. The first-order valence-corrected chi connectivity index (χ1v) is 14.6. The maximum atomic E-state index is 13.8. The Morgan fingerprint density at radius 2 is 1.83 bits per heavy atom. The molecule has 1 saturated carbocycles. The van der Waals surface area contributed by atoms with Gasteiger partial charge in [-0.25, -0.2) is 4.98 Å². The molecular formula is C34H35N5O2. The minimum atomic E-state index is 0.0293. The van der Waals surface area contributed by atoms with Gasteiger partial charge >= 0.3 is 0 Å². The van der Waals surface area contributed by atoms with E-state index in [1.165, 1.54) is 0 Å². The summed E-state index contributed by atoms with van der Waals surface area (Å²) in [7, 11) is 0. The molecule has 3 aromatic carbocycles. The average molecular weight is 546 g/mol. The fourth-order valence-corrected chi connectivity index (χ4v) is 6.47. The molecule has 4 aromatic rings. The van der Waals surface area contributed by atoms with E-state index in [1.807, 2.05) is 81.1 Å².